The van der Waals surface area contributed by atoms with Gasteiger partial charge in [0.15, 0.2) is 5.96 Å². The first-order valence-corrected chi connectivity index (χ1v) is 15.0. The Kier molecular flexibility index (Phi) is 16.8. The number of thiol groups is 1. The lowest BCUT2D eigenvalue weighted by Gasteiger charge is -2.30. The van der Waals surface area contributed by atoms with Crippen LogP contribution in [0.2, 0.25) is 0 Å². The minimum absolute atomic E-state index is 0.0856. The Morgan fingerprint density at radius 3 is 2.02 bits per heavy atom. The quantitative estimate of drug-likeness (QED) is 0.0250. The lowest BCUT2D eigenvalue weighted by molar-refractivity contribution is -0.142. The summed E-state index contributed by atoms with van der Waals surface area (Å²) in [7, 11) is 0. The molecule has 1 fully saturated rings. The molecule has 0 saturated carbocycles. The maximum absolute atomic E-state index is 13.5. The molecule has 258 valence electrons. The molecule has 21 heteroatoms. The average Bonchev–Trinajstić information content (AvgIpc) is 3.47. The van der Waals surface area contributed by atoms with Gasteiger partial charge in [-0.1, -0.05) is 0 Å². The monoisotopic (exact) mass is 672 g/mol. The summed E-state index contributed by atoms with van der Waals surface area (Å²) in [6.45, 7) is -0.172. The third kappa shape index (κ3) is 14.0. The van der Waals surface area contributed by atoms with E-state index < -0.39 is 90.4 Å². The molecule has 0 aromatic carbocycles. The van der Waals surface area contributed by atoms with E-state index in [9.17, 15) is 38.4 Å². The summed E-state index contributed by atoms with van der Waals surface area (Å²) in [4.78, 5) is 104. The molecule has 0 spiro atoms. The fourth-order valence-electron chi connectivity index (χ4n) is 4.42. The molecule has 16 N–H and O–H groups in total. The number of rotatable bonds is 20. The standard InChI is InChI=1S/C25H44N12O8S/c26-12(5-6-17(27)38)20(41)35-14(9-18(28)39)22(43)36-15(11-46)24(45)37-8-2-4-16(37)23(44)34-13(3-1-7-32-25(30)31)21(42)33-10-19(29)40/h12-16,46H,1-11,26H2,(H2,27,38)(H2,28,39)(H2,29,40)(H,33,42)(H,34,44)(H,35,41)(H,36,43)(H4,30,31,32)/t12-,13-,14-,15-,16-/m0/s1. The highest BCUT2D eigenvalue weighted by Crippen LogP contribution is 2.19. The van der Waals surface area contributed by atoms with Crippen molar-refractivity contribution in [2.45, 2.75) is 75.2 Å². The molecule has 0 unspecified atom stereocenters. The van der Waals surface area contributed by atoms with Crippen molar-refractivity contribution in [3.05, 3.63) is 0 Å². The van der Waals surface area contributed by atoms with Crippen LogP contribution in [0, 0.1) is 0 Å². The highest BCUT2D eigenvalue weighted by atomic mass is 32.1. The van der Waals surface area contributed by atoms with E-state index in [1.54, 1.807) is 0 Å². The number of aliphatic imine (C=N–C) groups is 1. The Hall–Kier alpha value is -4.66. The Morgan fingerprint density at radius 1 is 0.804 bits per heavy atom. The lowest BCUT2D eigenvalue weighted by atomic mass is 10.1. The van der Waals surface area contributed by atoms with Gasteiger partial charge in [-0.3, -0.25) is 43.3 Å². The molecular formula is C25H44N12O8S. The van der Waals surface area contributed by atoms with Gasteiger partial charge in [-0.15, -0.1) is 0 Å². The Morgan fingerprint density at radius 2 is 1.46 bits per heavy atom. The summed E-state index contributed by atoms with van der Waals surface area (Å²) in [5, 5.41) is 9.61. The van der Waals surface area contributed by atoms with Crippen LogP contribution in [0.15, 0.2) is 4.99 Å². The fourth-order valence-corrected chi connectivity index (χ4v) is 4.66. The molecule has 0 bridgehead atoms. The van der Waals surface area contributed by atoms with Crippen LogP contribution in [0.1, 0.15) is 44.9 Å². The summed E-state index contributed by atoms with van der Waals surface area (Å²) >= 11 is 4.15. The first-order valence-electron chi connectivity index (χ1n) is 14.3. The van der Waals surface area contributed by atoms with Gasteiger partial charge in [0.25, 0.3) is 0 Å². The third-order valence-corrected chi connectivity index (χ3v) is 7.09. The van der Waals surface area contributed by atoms with E-state index in [0.717, 1.165) is 0 Å². The van der Waals surface area contributed by atoms with Crippen LogP contribution in [-0.4, -0.2) is 114 Å². The van der Waals surface area contributed by atoms with Gasteiger partial charge >= 0.3 is 0 Å². The minimum atomic E-state index is -1.52. The van der Waals surface area contributed by atoms with Crippen LogP contribution in [0.3, 0.4) is 0 Å². The Balaban J connectivity index is 3.02. The van der Waals surface area contributed by atoms with E-state index in [2.05, 4.69) is 38.9 Å². The molecule has 1 rings (SSSR count). The number of carbonyl (C=O) groups excluding carboxylic acids is 8. The van der Waals surface area contributed by atoms with Gasteiger partial charge < -0.3 is 60.6 Å². The minimum Gasteiger partial charge on any atom is -0.370 e. The Labute approximate surface area is 270 Å². The van der Waals surface area contributed by atoms with Crippen molar-refractivity contribution in [1.29, 1.82) is 0 Å². The molecule has 1 aliphatic rings. The third-order valence-electron chi connectivity index (χ3n) is 6.73. The molecule has 8 amide bonds. The van der Waals surface area contributed by atoms with Gasteiger partial charge in [0.1, 0.15) is 24.2 Å². The molecule has 5 atom stereocenters. The zero-order chi connectivity index (χ0) is 35.0. The van der Waals surface area contributed by atoms with Gasteiger partial charge in [0, 0.05) is 25.3 Å². The number of amides is 8. The number of nitrogens with zero attached hydrogens (tertiary/aromatic N) is 2. The van der Waals surface area contributed by atoms with E-state index >= 15 is 0 Å². The van der Waals surface area contributed by atoms with Crippen molar-refractivity contribution in [2.24, 2.45) is 39.4 Å². The topological polar surface area (TPSA) is 356 Å². The molecule has 0 aliphatic carbocycles. The van der Waals surface area contributed by atoms with Crippen LogP contribution >= 0.6 is 12.6 Å². The molecular weight excluding hydrogens is 628 g/mol. The molecule has 1 saturated heterocycles. The number of carbonyl (C=O) groups is 8. The highest BCUT2D eigenvalue weighted by molar-refractivity contribution is 7.80. The van der Waals surface area contributed by atoms with Crippen molar-refractivity contribution < 1.29 is 38.4 Å². The van der Waals surface area contributed by atoms with E-state index in [1.807, 2.05) is 0 Å². The molecule has 46 heavy (non-hydrogen) atoms. The van der Waals surface area contributed by atoms with Crippen molar-refractivity contribution in [3.63, 3.8) is 0 Å². The summed E-state index contributed by atoms with van der Waals surface area (Å²) in [6, 6.07) is -6.19. The van der Waals surface area contributed by atoms with Crippen molar-refractivity contribution in [3.8, 4) is 0 Å². The first kappa shape index (κ1) is 39.4. The Bertz CT molecular complexity index is 1180. The number of likely N-dealkylation sites (tertiary alicyclic amines) is 1. The lowest BCUT2D eigenvalue weighted by Crippen LogP contribution is -2.59. The SMILES string of the molecule is NC(=O)CC[C@H](N)C(=O)N[C@@H](CC(N)=O)C(=O)N[C@@H](CS)C(=O)N1CCC[C@H]1C(=O)N[C@@H](CCCN=C(N)N)C(=O)NCC(N)=O. The zero-order valence-electron chi connectivity index (χ0n) is 25.2. The largest absolute Gasteiger partial charge is 0.370 e. The van der Waals surface area contributed by atoms with E-state index in [-0.39, 0.29) is 56.9 Å². The first-order chi connectivity index (χ1) is 21.6. The second kappa shape index (κ2) is 19.7. The van der Waals surface area contributed by atoms with E-state index in [0.29, 0.717) is 6.42 Å². The predicted molar refractivity (Wildman–Crippen MR) is 167 cm³/mol. The van der Waals surface area contributed by atoms with Gasteiger partial charge in [-0.25, -0.2) is 0 Å². The molecule has 0 aromatic rings. The van der Waals surface area contributed by atoms with Gasteiger partial charge in [-0.05, 0) is 32.1 Å². The normalized spacial score (nSPS) is 16.6. The second-order valence-corrected chi connectivity index (χ2v) is 10.8. The van der Waals surface area contributed by atoms with Crippen molar-refractivity contribution in [1.82, 2.24) is 26.2 Å². The van der Waals surface area contributed by atoms with Crippen LogP contribution in [0.4, 0.5) is 0 Å². The zero-order valence-corrected chi connectivity index (χ0v) is 26.1. The number of hydrogen-bond acceptors (Lipinski definition) is 11. The second-order valence-electron chi connectivity index (χ2n) is 10.5. The van der Waals surface area contributed by atoms with Crippen LogP contribution < -0.4 is 55.7 Å². The van der Waals surface area contributed by atoms with Crippen LogP contribution in [0.25, 0.3) is 0 Å². The van der Waals surface area contributed by atoms with Gasteiger partial charge in [0.2, 0.25) is 47.3 Å². The molecule has 20 nitrogen and oxygen atoms in total. The number of hydrogen-bond donors (Lipinski definition) is 11. The number of guanidine groups is 1. The number of nitrogens with one attached hydrogen (secondary N) is 4. The average molecular weight is 673 g/mol. The summed E-state index contributed by atoms with van der Waals surface area (Å²) < 4.78 is 0. The smallest absolute Gasteiger partial charge is 0.246 e. The number of nitrogens with two attached hydrogens (primary N) is 6. The number of primary amides is 3. The van der Waals surface area contributed by atoms with Crippen LogP contribution in [-0.2, 0) is 38.4 Å². The van der Waals surface area contributed by atoms with Crippen molar-refractivity contribution >= 4 is 65.8 Å². The molecule has 1 heterocycles. The highest BCUT2D eigenvalue weighted by Gasteiger charge is 2.39. The fraction of sp³-hybridized carbons (Fsp3) is 0.640. The van der Waals surface area contributed by atoms with E-state index in [1.165, 1.54) is 4.90 Å². The predicted octanol–water partition coefficient (Wildman–Crippen LogP) is -6.52. The van der Waals surface area contributed by atoms with Crippen molar-refractivity contribution in [2.75, 3.05) is 25.4 Å². The van der Waals surface area contributed by atoms with E-state index in [4.69, 9.17) is 34.4 Å². The molecule has 1 aliphatic heterocycles. The van der Waals surface area contributed by atoms with Crippen LogP contribution in [0.5, 0.6) is 0 Å². The maximum Gasteiger partial charge on any atom is 0.246 e. The summed E-state index contributed by atoms with van der Waals surface area (Å²) in [5.74, 6) is -6.67. The molecule has 0 aromatic heterocycles. The van der Waals surface area contributed by atoms with Gasteiger partial charge in [0.05, 0.1) is 19.0 Å². The summed E-state index contributed by atoms with van der Waals surface area (Å²) in [6.07, 6.45) is 0.0760. The van der Waals surface area contributed by atoms with Gasteiger partial charge in [-0.2, -0.15) is 12.6 Å². The maximum atomic E-state index is 13.5. The molecule has 0 radical (unpaired) electrons. The summed E-state index contributed by atoms with van der Waals surface area (Å²) in [5.41, 5.74) is 31.8.